The third-order valence-electron chi connectivity index (χ3n) is 2.10. The predicted molar refractivity (Wildman–Crippen MR) is 50.1 cm³/mol. The van der Waals surface area contributed by atoms with Gasteiger partial charge in [-0.05, 0) is 12.1 Å². The van der Waals surface area contributed by atoms with Crippen LogP contribution in [0.15, 0.2) is 24.3 Å². The van der Waals surface area contributed by atoms with Gasteiger partial charge >= 0.3 is 0 Å². The van der Waals surface area contributed by atoms with Crippen LogP contribution in [0.3, 0.4) is 0 Å². The first-order chi connectivity index (χ1) is 8.09. The Kier molecular flexibility index (Phi) is 3.08. The molecule has 0 aliphatic rings. The van der Waals surface area contributed by atoms with Crippen LogP contribution in [-0.4, -0.2) is 15.0 Å². The van der Waals surface area contributed by atoms with Gasteiger partial charge in [-0.2, -0.15) is 0 Å². The van der Waals surface area contributed by atoms with Gasteiger partial charge in [0.25, 0.3) is 12.9 Å². The average Bonchev–Trinajstić information content (AvgIpc) is 2.78. The van der Waals surface area contributed by atoms with Gasteiger partial charge in [0, 0.05) is 5.56 Å². The Morgan fingerprint density at radius 2 is 1.88 bits per heavy atom. The van der Waals surface area contributed by atoms with Gasteiger partial charge in [0.15, 0.2) is 0 Å². The molecule has 0 saturated heterocycles. The Balaban J connectivity index is 2.46. The number of benzene rings is 1. The molecule has 1 heterocycles. The van der Waals surface area contributed by atoms with E-state index in [1.165, 1.54) is 18.2 Å². The second kappa shape index (κ2) is 4.52. The maximum atomic E-state index is 12.5. The van der Waals surface area contributed by atoms with Crippen LogP contribution in [0.5, 0.6) is 0 Å². The predicted octanol–water partition coefficient (Wildman–Crippen LogP) is 2.94. The summed E-state index contributed by atoms with van der Waals surface area (Å²) < 4.78 is 50.7. The highest BCUT2D eigenvalue weighted by Gasteiger charge is 2.17. The fourth-order valence-electron chi connectivity index (χ4n) is 1.34. The summed E-state index contributed by atoms with van der Waals surface area (Å²) in [6.45, 7) is 0. The molecule has 0 aliphatic heterocycles. The van der Waals surface area contributed by atoms with E-state index in [2.05, 4.69) is 10.3 Å². The molecule has 2 aromatic rings. The molecule has 1 radical (unpaired) electrons. The van der Waals surface area contributed by atoms with E-state index >= 15 is 0 Å². The van der Waals surface area contributed by atoms with Crippen LogP contribution in [0.1, 0.15) is 24.1 Å². The van der Waals surface area contributed by atoms with Crippen LogP contribution in [0.4, 0.5) is 17.6 Å². The van der Waals surface area contributed by atoms with Gasteiger partial charge in [-0.25, -0.2) is 22.2 Å². The average molecular weight is 244 g/mol. The molecule has 7 heteroatoms. The van der Waals surface area contributed by atoms with Crippen molar-refractivity contribution in [3.8, 4) is 5.69 Å². The summed E-state index contributed by atoms with van der Waals surface area (Å²) in [5.74, 6) is 0. The van der Waals surface area contributed by atoms with Gasteiger partial charge in [0.05, 0.1) is 5.69 Å². The zero-order valence-electron chi connectivity index (χ0n) is 8.32. The minimum absolute atomic E-state index is 0.104. The molecule has 2 rings (SSSR count). The van der Waals surface area contributed by atoms with Crippen LogP contribution < -0.4 is 0 Å². The fourth-order valence-corrected chi connectivity index (χ4v) is 1.34. The lowest BCUT2D eigenvalue weighted by Gasteiger charge is -2.06. The van der Waals surface area contributed by atoms with Crippen LogP contribution in [0, 0.1) is 6.20 Å². The van der Waals surface area contributed by atoms with Crippen LogP contribution in [0.25, 0.3) is 5.69 Å². The summed E-state index contributed by atoms with van der Waals surface area (Å²) in [7, 11) is 0. The molecule has 0 unspecified atom stereocenters. The summed E-state index contributed by atoms with van der Waals surface area (Å²) in [6.07, 6.45) is -3.47. The molecule has 0 spiro atoms. The number of rotatable bonds is 3. The smallest absolute Gasteiger partial charge is 0.211 e. The Morgan fingerprint density at radius 3 is 2.53 bits per heavy atom. The number of hydrogen-bond donors (Lipinski definition) is 0. The van der Waals surface area contributed by atoms with E-state index in [-0.39, 0.29) is 11.3 Å². The van der Waals surface area contributed by atoms with Crippen LogP contribution >= 0.6 is 0 Å². The van der Waals surface area contributed by atoms with Crippen molar-refractivity contribution < 1.29 is 17.6 Å². The standard InChI is InChI=1S/C10H6F4N3/c11-9(12)6-2-1-3-7(4-6)17-8(10(13)14)5-15-16-17/h1-4,9-10H. The van der Waals surface area contributed by atoms with Crippen molar-refractivity contribution in [1.82, 2.24) is 15.0 Å². The first-order valence-corrected chi connectivity index (χ1v) is 4.59. The number of nitrogens with zero attached hydrogens (tertiary/aromatic N) is 3. The van der Waals surface area contributed by atoms with Gasteiger partial charge in [0.2, 0.25) is 0 Å². The maximum Gasteiger partial charge on any atom is 0.282 e. The lowest BCUT2D eigenvalue weighted by molar-refractivity contribution is 0.142. The first-order valence-electron chi connectivity index (χ1n) is 4.59. The number of alkyl halides is 4. The number of aromatic nitrogens is 3. The molecule has 17 heavy (non-hydrogen) atoms. The molecule has 1 aromatic heterocycles. The molecule has 3 nitrogen and oxygen atoms in total. The largest absolute Gasteiger partial charge is 0.282 e. The normalized spacial score (nSPS) is 11.4. The molecule has 0 aliphatic carbocycles. The Labute approximate surface area is 93.7 Å². The number of hydrogen-bond acceptors (Lipinski definition) is 2. The minimum atomic E-state index is -2.82. The van der Waals surface area contributed by atoms with Crippen molar-refractivity contribution in [2.24, 2.45) is 0 Å². The SMILES string of the molecule is FC(F)c1cccc(-n2nn[c]c2C(F)F)c1. The highest BCUT2D eigenvalue weighted by Crippen LogP contribution is 2.24. The van der Waals surface area contributed by atoms with Crippen molar-refractivity contribution in [3.05, 3.63) is 41.7 Å². The van der Waals surface area contributed by atoms with E-state index in [1.54, 1.807) is 0 Å². The van der Waals surface area contributed by atoms with Crippen LogP contribution in [0.2, 0.25) is 0 Å². The molecular weight excluding hydrogens is 238 g/mol. The van der Waals surface area contributed by atoms with E-state index in [4.69, 9.17) is 0 Å². The highest BCUT2D eigenvalue weighted by atomic mass is 19.3. The maximum absolute atomic E-state index is 12.5. The highest BCUT2D eigenvalue weighted by molar-refractivity contribution is 5.36. The molecular formula is C10H6F4N3. The third kappa shape index (κ3) is 2.27. The van der Waals surface area contributed by atoms with E-state index in [9.17, 15) is 17.6 Å². The lowest BCUT2D eigenvalue weighted by atomic mass is 10.2. The minimum Gasteiger partial charge on any atom is -0.211 e. The summed E-state index contributed by atoms with van der Waals surface area (Å²) in [4.78, 5) is 0. The van der Waals surface area contributed by atoms with Gasteiger partial charge in [-0.3, -0.25) is 0 Å². The van der Waals surface area contributed by atoms with Gasteiger partial charge in [-0.15, -0.1) is 5.10 Å². The zero-order valence-corrected chi connectivity index (χ0v) is 8.32. The second-order valence-electron chi connectivity index (χ2n) is 3.19. The van der Waals surface area contributed by atoms with Crippen molar-refractivity contribution in [2.75, 3.05) is 0 Å². The lowest BCUT2D eigenvalue weighted by Crippen LogP contribution is -2.03. The summed E-state index contributed by atoms with van der Waals surface area (Å²) >= 11 is 0. The van der Waals surface area contributed by atoms with Gasteiger partial charge < -0.3 is 0 Å². The molecule has 0 N–H and O–H groups in total. The van der Waals surface area contributed by atoms with Crippen molar-refractivity contribution >= 4 is 0 Å². The second-order valence-corrected chi connectivity index (χ2v) is 3.19. The van der Waals surface area contributed by atoms with Crippen molar-refractivity contribution in [3.63, 3.8) is 0 Å². The van der Waals surface area contributed by atoms with Crippen LogP contribution in [-0.2, 0) is 0 Å². The molecule has 1 aromatic carbocycles. The molecule has 89 valence electrons. The van der Waals surface area contributed by atoms with Crippen molar-refractivity contribution in [2.45, 2.75) is 12.9 Å². The Hall–Kier alpha value is -1.92. The summed E-state index contributed by atoms with van der Waals surface area (Å²) in [5, 5.41) is 6.61. The van der Waals surface area contributed by atoms with Crippen molar-refractivity contribution in [1.29, 1.82) is 0 Å². The molecule has 0 amide bonds. The van der Waals surface area contributed by atoms with Gasteiger partial charge in [-0.1, -0.05) is 17.3 Å². The first kappa shape index (κ1) is 11.6. The number of halogens is 4. The molecule has 0 bridgehead atoms. The quantitative estimate of drug-likeness (QED) is 0.777. The molecule has 0 atom stereocenters. The third-order valence-corrected chi connectivity index (χ3v) is 2.10. The Bertz CT molecular complexity index is 510. The van der Waals surface area contributed by atoms with E-state index in [0.29, 0.717) is 0 Å². The summed E-state index contributed by atoms with van der Waals surface area (Å²) in [6, 6.07) is 5.02. The topological polar surface area (TPSA) is 30.7 Å². The molecule has 0 fully saturated rings. The monoisotopic (exact) mass is 244 g/mol. The summed E-state index contributed by atoms with van der Waals surface area (Å²) in [5.41, 5.74) is -0.721. The Morgan fingerprint density at radius 1 is 1.12 bits per heavy atom. The van der Waals surface area contributed by atoms with E-state index in [0.717, 1.165) is 10.7 Å². The van der Waals surface area contributed by atoms with E-state index in [1.807, 2.05) is 6.20 Å². The molecule has 0 saturated carbocycles. The van der Waals surface area contributed by atoms with Gasteiger partial charge in [0.1, 0.15) is 11.9 Å². The fraction of sp³-hybridized carbons (Fsp3) is 0.200. The zero-order chi connectivity index (χ0) is 12.4. The van der Waals surface area contributed by atoms with E-state index < -0.39 is 18.5 Å².